The van der Waals surface area contributed by atoms with Gasteiger partial charge in [0.25, 0.3) is 0 Å². The molecule has 0 spiro atoms. The number of thiazole rings is 1. The fourth-order valence-electron chi connectivity index (χ4n) is 1.72. The lowest BCUT2D eigenvalue weighted by Crippen LogP contribution is -2.23. The fourth-order valence-corrected chi connectivity index (χ4v) is 3.18. The molecule has 0 atom stereocenters. The van der Waals surface area contributed by atoms with Gasteiger partial charge in [-0.15, -0.1) is 16.4 Å². The maximum atomic E-state index is 12.9. The number of benzene rings is 1. The highest BCUT2D eigenvalue weighted by molar-refractivity contribution is 7.91. The zero-order chi connectivity index (χ0) is 17.2. The number of hydrogen-bond acceptors (Lipinski definition) is 8. The lowest BCUT2D eigenvalue weighted by atomic mass is 10.2. The van der Waals surface area contributed by atoms with Gasteiger partial charge in [0, 0.05) is 17.1 Å². The highest BCUT2D eigenvalue weighted by Crippen LogP contribution is 2.20. The SMILES string of the molecule is O=C(CS(=O)(=O)c1nnc(-c2ccc(F)cc2)o1)Nc1nccs1. The lowest BCUT2D eigenvalue weighted by molar-refractivity contribution is -0.113. The lowest BCUT2D eigenvalue weighted by Gasteiger charge is -2.00. The van der Waals surface area contributed by atoms with Crippen LogP contribution in [0.1, 0.15) is 0 Å². The first-order chi connectivity index (χ1) is 11.4. The molecule has 0 bridgehead atoms. The Labute approximate surface area is 139 Å². The van der Waals surface area contributed by atoms with Crippen LogP contribution in [0.15, 0.2) is 45.5 Å². The Balaban J connectivity index is 1.75. The van der Waals surface area contributed by atoms with Crippen molar-refractivity contribution in [2.45, 2.75) is 5.22 Å². The monoisotopic (exact) mass is 368 g/mol. The van der Waals surface area contributed by atoms with E-state index in [-0.39, 0.29) is 11.0 Å². The molecule has 1 N–H and O–H groups in total. The number of rotatable bonds is 5. The molecule has 0 aliphatic carbocycles. The summed E-state index contributed by atoms with van der Waals surface area (Å²) >= 11 is 1.16. The molecule has 0 radical (unpaired) electrons. The Morgan fingerprint density at radius 3 is 2.67 bits per heavy atom. The van der Waals surface area contributed by atoms with E-state index in [4.69, 9.17) is 4.42 Å². The first-order valence-electron chi connectivity index (χ1n) is 6.45. The minimum absolute atomic E-state index is 0.0890. The Morgan fingerprint density at radius 1 is 1.25 bits per heavy atom. The maximum absolute atomic E-state index is 12.9. The molecule has 2 aromatic heterocycles. The molecule has 1 amide bonds. The number of aromatic nitrogens is 3. The second-order valence-electron chi connectivity index (χ2n) is 4.52. The number of nitrogens with zero attached hydrogens (tertiary/aromatic N) is 3. The van der Waals surface area contributed by atoms with Crippen molar-refractivity contribution in [2.24, 2.45) is 0 Å². The molecule has 1 aromatic carbocycles. The van der Waals surface area contributed by atoms with Crippen LogP contribution in [0.4, 0.5) is 9.52 Å². The Hall–Kier alpha value is -2.66. The van der Waals surface area contributed by atoms with Gasteiger partial charge in [-0.05, 0) is 24.3 Å². The molecule has 0 unspecified atom stereocenters. The number of anilines is 1. The summed E-state index contributed by atoms with van der Waals surface area (Å²) in [7, 11) is -4.11. The number of nitrogens with one attached hydrogen (secondary N) is 1. The van der Waals surface area contributed by atoms with Crippen LogP contribution in [0.25, 0.3) is 11.5 Å². The molecule has 3 rings (SSSR count). The number of carbonyl (C=O) groups is 1. The summed E-state index contributed by atoms with van der Waals surface area (Å²) in [5, 5.41) is 10.6. The van der Waals surface area contributed by atoms with Crippen molar-refractivity contribution >= 4 is 32.2 Å². The Morgan fingerprint density at radius 2 is 2.00 bits per heavy atom. The summed E-state index contributed by atoms with van der Waals surface area (Å²) in [6.45, 7) is 0. The van der Waals surface area contributed by atoms with Crippen LogP contribution >= 0.6 is 11.3 Å². The molecule has 2 heterocycles. The second kappa shape index (κ2) is 6.45. The van der Waals surface area contributed by atoms with Crippen LogP contribution in [0.2, 0.25) is 0 Å². The molecule has 0 aliphatic rings. The molecular weight excluding hydrogens is 359 g/mol. The third-order valence-corrected chi connectivity index (χ3v) is 4.79. The highest BCUT2D eigenvalue weighted by atomic mass is 32.2. The largest absolute Gasteiger partial charge is 0.408 e. The van der Waals surface area contributed by atoms with E-state index < -0.39 is 32.5 Å². The number of hydrogen-bond donors (Lipinski definition) is 1. The standard InChI is InChI=1S/C13H9FN4O4S2/c14-9-3-1-8(2-4-9)11-17-18-13(22-11)24(20,21)7-10(19)16-12-15-5-6-23-12/h1-6H,7H2,(H,15,16,19). The average Bonchev–Trinajstić information content (AvgIpc) is 3.18. The van der Waals surface area contributed by atoms with Crippen LogP contribution in [-0.2, 0) is 14.6 Å². The molecule has 124 valence electrons. The third kappa shape index (κ3) is 3.63. The molecule has 3 aromatic rings. The third-order valence-electron chi connectivity index (χ3n) is 2.76. The van der Waals surface area contributed by atoms with Gasteiger partial charge in [-0.25, -0.2) is 17.8 Å². The minimum atomic E-state index is -4.11. The predicted molar refractivity (Wildman–Crippen MR) is 82.5 cm³/mol. The summed E-state index contributed by atoms with van der Waals surface area (Å²) in [6, 6.07) is 5.09. The van der Waals surface area contributed by atoms with Crippen LogP contribution in [0.5, 0.6) is 0 Å². The average molecular weight is 368 g/mol. The molecule has 0 fully saturated rings. The van der Waals surface area contributed by atoms with E-state index >= 15 is 0 Å². The summed E-state index contributed by atoms with van der Waals surface area (Å²) in [5.41, 5.74) is 0.359. The van der Waals surface area contributed by atoms with Crippen molar-refractivity contribution in [1.82, 2.24) is 15.2 Å². The molecule has 11 heteroatoms. The van der Waals surface area contributed by atoms with Crippen molar-refractivity contribution in [2.75, 3.05) is 11.1 Å². The van der Waals surface area contributed by atoms with Crippen LogP contribution < -0.4 is 5.32 Å². The second-order valence-corrected chi connectivity index (χ2v) is 7.29. The molecule has 8 nitrogen and oxygen atoms in total. The molecule has 0 saturated heterocycles. The van der Waals surface area contributed by atoms with Crippen molar-refractivity contribution in [3.8, 4) is 11.5 Å². The molecule has 0 aliphatic heterocycles. The number of carbonyl (C=O) groups excluding carboxylic acids is 1. The molecule has 0 saturated carbocycles. The first-order valence-corrected chi connectivity index (χ1v) is 8.99. The van der Waals surface area contributed by atoms with Crippen LogP contribution in [-0.4, -0.2) is 35.3 Å². The molecular formula is C13H9FN4O4S2. The van der Waals surface area contributed by atoms with Crippen molar-refractivity contribution in [3.63, 3.8) is 0 Å². The number of halogens is 1. The minimum Gasteiger partial charge on any atom is -0.408 e. The van der Waals surface area contributed by atoms with Crippen molar-refractivity contribution < 1.29 is 22.0 Å². The van der Waals surface area contributed by atoms with Gasteiger partial charge in [-0.3, -0.25) is 4.79 Å². The van der Waals surface area contributed by atoms with Crippen molar-refractivity contribution in [1.29, 1.82) is 0 Å². The molecule has 24 heavy (non-hydrogen) atoms. The smallest absolute Gasteiger partial charge is 0.336 e. The van der Waals surface area contributed by atoms with Crippen molar-refractivity contribution in [3.05, 3.63) is 41.7 Å². The summed E-state index contributed by atoms with van der Waals surface area (Å²) in [4.78, 5) is 15.6. The summed E-state index contributed by atoms with van der Waals surface area (Å²) in [5.74, 6) is -2.18. The van der Waals surface area contributed by atoms with Gasteiger partial charge >= 0.3 is 5.22 Å². The zero-order valence-electron chi connectivity index (χ0n) is 11.8. The van der Waals surface area contributed by atoms with E-state index in [1.165, 1.54) is 30.5 Å². The van der Waals surface area contributed by atoms with E-state index in [1.54, 1.807) is 5.38 Å². The topological polar surface area (TPSA) is 115 Å². The van der Waals surface area contributed by atoms with Crippen LogP contribution in [0.3, 0.4) is 0 Å². The van der Waals surface area contributed by atoms with Crippen LogP contribution in [0, 0.1) is 5.82 Å². The number of sulfone groups is 1. The summed E-state index contributed by atoms with van der Waals surface area (Å²) < 4.78 is 42.2. The van der Waals surface area contributed by atoms with Gasteiger partial charge in [0.05, 0.1) is 0 Å². The Bertz CT molecular complexity index is 952. The van der Waals surface area contributed by atoms with Gasteiger partial charge in [-0.2, -0.15) is 0 Å². The van der Waals surface area contributed by atoms with E-state index in [1.807, 2.05) is 0 Å². The van der Waals surface area contributed by atoms with E-state index in [2.05, 4.69) is 20.5 Å². The fraction of sp³-hybridized carbons (Fsp3) is 0.0769. The quantitative estimate of drug-likeness (QED) is 0.729. The van der Waals surface area contributed by atoms with Gasteiger partial charge in [0.15, 0.2) is 5.13 Å². The first kappa shape index (κ1) is 16.2. The predicted octanol–water partition coefficient (Wildman–Crippen LogP) is 1.74. The maximum Gasteiger partial charge on any atom is 0.336 e. The normalized spacial score (nSPS) is 11.4. The van der Waals surface area contributed by atoms with E-state index in [0.29, 0.717) is 5.56 Å². The van der Waals surface area contributed by atoms with Gasteiger partial charge in [-0.1, -0.05) is 5.10 Å². The highest BCUT2D eigenvalue weighted by Gasteiger charge is 2.26. The Kier molecular flexibility index (Phi) is 4.36. The van der Waals surface area contributed by atoms with Gasteiger partial charge < -0.3 is 9.73 Å². The van der Waals surface area contributed by atoms with Gasteiger partial charge in [0.1, 0.15) is 11.6 Å². The van der Waals surface area contributed by atoms with E-state index in [9.17, 15) is 17.6 Å². The van der Waals surface area contributed by atoms with E-state index in [0.717, 1.165) is 11.3 Å². The number of amides is 1. The zero-order valence-corrected chi connectivity index (χ0v) is 13.5. The van der Waals surface area contributed by atoms with Gasteiger partial charge in [0.2, 0.25) is 21.6 Å². The summed E-state index contributed by atoms with van der Waals surface area (Å²) in [6.07, 6.45) is 1.47.